The SMILES string of the molecule is CC/C=C(Br)\C=C(/C)NCC#N. The number of allylic oxidation sites excluding steroid dienone is 4. The molecule has 0 unspecified atom stereocenters. The summed E-state index contributed by atoms with van der Waals surface area (Å²) in [5, 5.41) is 11.2. The molecule has 1 N–H and O–H groups in total. The maximum atomic E-state index is 8.29. The van der Waals surface area contributed by atoms with Crippen molar-refractivity contribution in [3.05, 3.63) is 22.3 Å². The van der Waals surface area contributed by atoms with Gasteiger partial charge in [0, 0.05) is 10.2 Å². The first kappa shape index (κ1) is 11.2. The molecular formula is C9H13BrN2. The summed E-state index contributed by atoms with van der Waals surface area (Å²) < 4.78 is 1.05. The van der Waals surface area contributed by atoms with Gasteiger partial charge in [0.05, 0.1) is 6.07 Å². The number of nitriles is 1. The number of hydrogen-bond acceptors (Lipinski definition) is 2. The van der Waals surface area contributed by atoms with E-state index in [1.807, 2.05) is 19.1 Å². The molecule has 12 heavy (non-hydrogen) atoms. The fourth-order valence-electron chi connectivity index (χ4n) is 0.691. The third-order valence-electron chi connectivity index (χ3n) is 1.20. The van der Waals surface area contributed by atoms with Crippen LogP contribution in [0.15, 0.2) is 22.3 Å². The van der Waals surface area contributed by atoms with Crippen LogP contribution in [0.3, 0.4) is 0 Å². The summed E-state index contributed by atoms with van der Waals surface area (Å²) in [5.74, 6) is 0. The van der Waals surface area contributed by atoms with Crippen LogP contribution in [-0.2, 0) is 0 Å². The van der Waals surface area contributed by atoms with E-state index in [2.05, 4.69) is 34.2 Å². The molecule has 0 aromatic heterocycles. The van der Waals surface area contributed by atoms with Crippen molar-refractivity contribution in [2.45, 2.75) is 20.3 Å². The second-order valence-electron chi connectivity index (χ2n) is 2.34. The summed E-state index contributed by atoms with van der Waals surface area (Å²) >= 11 is 3.39. The van der Waals surface area contributed by atoms with Crippen LogP contribution in [0.5, 0.6) is 0 Å². The zero-order valence-electron chi connectivity index (χ0n) is 7.39. The van der Waals surface area contributed by atoms with Crippen LogP contribution in [0.25, 0.3) is 0 Å². The van der Waals surface area contributed by atoms with Crippen molar-refractivity contribution in [3.63, 3.8) is 0 Å². The van der Waals surface area contributed by atoms with Crippen molar-refractivity contribution in [1.82, 2.24) is 5.32 Å². The molecule has 0 amide bonds. The molecule has 2 nitrogen and oxygen atoms in total. The quantitative estimate of drug-likeness (QED) is 0.594. The van der Waals surface area contributed by atoms with E-state index in [1.54, 1.807) is 0 Å². The van der Waals surface area contributed by atoms with Crippen LogP contribution in [0.4, 0.5) is 0 Å². The molecule has 0 heterocycles. The lowest BCUT2D eigenvalue weighted by Gasteiger charge is -1.99. The molecule has 0 fully saturated rings. The maximum Gasteiger partial charge on any atom is 0.103 e. The molecule has 0 aromatic rings. The molecule has 0 atom stereocenters. The molecular weight excluding hydrogens is 216 g/mol. The van der Waals surface area contributed by atoms with Gasteiger partial charge in [0.25, 0.3) is 0 Å². The minimum absolute atomic E-state index is 0.356. The van der Waals surface area contributed by atoms with E-state index in [0.29, 0.717) is 6.54 Å². The van der Waals surface area contributed by atoms with Crippen LogP contribution in [0.1, 0.15) is 20.3 Å². The highest BCUT2D eigenvalue weighted by Gasteiger charge is 1.88. The third-order valence-corrected chi connectivity index (χ3v) is 1.75. The maximum absolute atomic E-state index is 8.29. The first-order valence-electron chi connectivity index (χ1n) is 3.85. The molecule has 0 saturated carbocycles. The number of halogens is 1. The monoisotopic (exact) mass is 228 g/mol. The molecule has 0 aromatic carbocycles. The molecule has 66 valence electrons. The summed E-state index contributed by atoms with van der Waals surface area (Å²) in [6, 6.07) is 2.02. The summed E-state index contributed by atoms with van der Waals surface area (Å²) in [6.07, 6.45) is 5.03. The summed E-state index contributed by atoms with van der Waals surface area (Å²) in [6.45, 7) is 4.37. The molecule has 0 saturated heterocycles. The normalized spacial score (nSPS) is 12.5. The van der Waals surface area contributed by atoms with Crippen molar-refractivity contribution in [2.75, 3.05) is 6.54 Å². The van der Waals surface area contributed by atoms with Crippen LogP contribution in [-0.4, -0.2) is 6.54 Å². The highest BCUT2D eigenvalue weighted by molar-refractivity contribution is 9.11. The second-order valence-corrected chi connectivity index (χ2v) is 3.25. The van der Waals surface area contributed by atoms with Crippen LogP contribution < -0.4 is 5.32 Å². The number of nitrogens with one attached hydrogen (secondary N) is 1. The van der Waals surface area contributed by atoms with Crippen molar-refractivity contribution in [3.8, 4) is 6.07 Å². The second kappa shape index (κ2) is 6.93. The zero-order valence-corrected chi connectivity index (χ0v) is 8.98. The Balaban J connectivity index is 3.99. The Hall–Kier alpha value is -0.750. The fraction of sp³-hybridized carbons (Fsp3) is 0.444. The Bertz CT molecular complexity index is 223. The topological polar surface area (TPSA) is 35.8 Å². The Kier molecular flexibility index (Phi) is 6.50. The number of nitrogens with zero attached hydrogens (tertiary/aromatic N) is 1. The van der Waals surface area contributed by atoms with Crippen LogP contribution in [0, 0.1) is 11.3 Å². The molecule has 0 radical (unpaired) electrons. The summed E-state index contributed by atoms with van der Waals surface area (Å²) in [7, 11) is 0. The van der Waals surface area contributed by atoms with Crippen molar-refractivity contribution < 1.29 is 0 Å². The molecule has 0 aliphatic heterocycles. The van der Waals surface area contributed by atoms with Crippen molar-refractivity contribution >= 4 is 15.9 Å². The van der Waals surface area contributed by atoms with E-state index >= 15 is 0 Å². The number of rotatable bonds is 4. The average Bonchev–Trinajstić information content (AvgIpc) is 2.01. The molecule has 0 aliphatic rings. The van der Waals surface area contributed by atoms with Gasteiger partial charge < -0.3 is 5.32 Å². The Labute approximate surface area is 82.1 Å². The molecule has 0 spiro atoms. The Morgan fingerprint density at radius 3 is 2.83 bits per heavy atom. The fourth-order valence-corrected chi connectivity index (χ4v) is 1.36. The van der Waals surface area contributed by atoms with Gasteiger partial charge in [-0.05, 0) is 19.4 Å². The van der Waals surface area contributed by atoms with Gasteiger partial charge in [0.2, 0.25) is 0 Å². The Morgan fingerprint density at radius 2 is 2.33 bits per heavy atom. The first-order valence-corrected chi connectivity index (χ1v) is 4.64. The minimum Gasteiger partial charge on any atom is -0.376 e. The largest absolute Gasteiger partial charge is 0.376 e. The molecule has 0 bridgehead atoms. The predicted molar refractivity (Wildman–Crippen MR) is 54.7 cm³/mol. The average molecular weight is 229 g/mol. The smallest absolute Gasteiger partial charge is 0.103 e. The van der Waals surface area contributed by atoms with Gasteiger partial charge in [-0.3, -0.25) is 0 Å². The highest BCUT2D eigenvalue weighted by Crippen LogP contribution is 2.09. The van der Waals surface area contributed by atoms with E-state index in [1.165, 1.54) is 0 Å². The lowest BCUT2D eigenvalue weighted by atomic mass is 10.3. The first-order chi connectivity index (χ1) is 5.70. The molecule has 0 rings (SSSR count). The molecule has 0 aliphatic carbocycles. The van der Waals surface area contributed by atoms with Gasteiger partial charge in [0.15, 0.2) is 0 Å². The lowest BCUT2D eigenvalue weighted by molar-refractivity contribution is 0.911. The van der Waals surface area contributed by atoms with Crippen molar-refractivity contribution in [2.24, 2.45) is 0 Å². The van der Waals surface area contributed by atoms with Crippen molar-refractivity contribution in [1.29, 1.82) is 5.26 Å². The van der Waals surface area contributed by atoms with E-state index in [0.717, 1.165) is 16.6 Å². The highest BCUT2D eigenvalue weighted by atomic mass is 79.9. The zero-order chi connectivity index (χ0) is 9.40. The number of hydrogen-bond donors (Lipinski definition) is 1. The van der Waals surface area contributed by atoms with E-state index in [9.17, 15) is 0 Å². The predicted octanol–water partition coefficient (Wildman–Crippen LogP) is 2.69. The summed E-state index contributed by atoms with van der Waals surface area (Å²) in [5.41, 5.74) is 0.994. The molecule has 3 heteroatoms. The van der Waals surface area contributed by atoms with E-state index in [4.69, 9.17) is 5.26 Å². The summed E-state index contributed by atoms with van der Waals surface area (Å²) in [4.78, 5) is 0. The van der Waals surface area contributed by atoms with Gasteiger partial charge in [-0.25, -0.2) is 0 Å². The minimum atomic E-state index is 0.356. The van der Waals surface area contributed by atoms with Gasteiger partial charge in [-0.15, -0.1) is 0 Å². The lowest BCUT2D eigenvalue weighted by Crippen LogP contribution is -2.10. The Morgan fingerprint density at radius 1 is 1.67 bits per heavy atom. The van der Waals surface area contributed by atoms with E-state index in [-0.39, 0.29) is 0 Å². The van der Waals surface area contributed by atoms with E-state index < -0.39 is 0 Å². The van der Waals surface area contributed by atoms with Gasteiger partial charge in [-0.2, -0.15) is 5.26 Å². The van der Waals surface area contributed by atoms with Crippen LogP contribution in [0.2, 0.25) is 0 Å². The van der Waals surface area contributed by atoms with Gasteiger partial charge >= 0.3 is 0 Å². The van der Waals surface area contributed by atoms with Gasteiger partial charge in [-0.1, -0.05) is 28.9 Å². The third kappa shape index (κ3) is 5.99. The van der Waals surface area contributed by atoms with Gasteiger partial charge in [0.1, 0.15) is 6.54 Å². The standard InChI is InChI=1S/C9H13BrN2/c1-3-4-9(10)7-8(2)12-6-5-11/h4,7,12H,3,6H2,1-2H3/b8-7+,9-4+. The van der Waals surface area contributed by atoms with Crippen LogP contribution >= 0.6 is 15.9 Å².